The van der Waals surface area contributed by atoms with E-state index >= 15 is 0 Å². The van der Waals surface area contributed by atoms with E-state index in [0.29, 0.717) is 0 Å². The Labute approximate surface area is 76.0 Å². The highest BCUT2D eigenvalue weighted by Gasteiger charge is 2.12. The number of hydrogen-bond donors (Lipinski definition) is 0. The van der Waals surface area contributed by atoms with E-state index in [9.17, 15) is 14.0 Å². The summed E-state index contributed by atoms with van der Waals surface area (Å²) in [5.74, 6) is -1.02. The molecule has 0 heterocycles. The Kier molecular flexibility index (Phi) is 5.84. The molecule has 76 valence electrons. The molecule has 0 aliphatic heterocycles. The lowest BCUT2D eigenvalue weighted by Gasteiger charge is -2.10. The van der Waals surface area contributed by atoms with Gasteiger partial charge in [-0.15, -0.1) is 0 Å². The third-order valence-electron chi connectivity index (χ3n) is 1.16. The number of ether oxygens (including phenoxy) is 2. The summed E-state index contributed by atoms with van der Waals surface area (Å²) in [6, 6.07) is 0. The second-order valence-corrected chi connectivity index (χ2v) is 2.53. The summed E-state index contributed by atoms with van der Waals surface area (Å²) in [5.41, 5.74) is 0. The Morgan fingerprint density at radius 3 is 2.54 bits per heavy atom. The van der Waals surface area contributed by atoms with Crippen molar-refractivity contribution < 1.29 is 23.5 Å². The number of hydrogen-bond acceptors (Lipinski definition) is 4. The van der Waals surface area contributed by atoms with Crippen LogP contribution < -0.4 is 0 Å². The molecular weight excluding hydrogens is 179 g/mol. The van der Waals surface area contributed by atoms with Crippen LogP contribution in [0.15, 0.2) is 0 Å². The lowest BCUT2D eigenvalue weighted by molar-refractivity contribution is -0.152. The molecule has 0 fully saturated rings. The topological polar surface area (TPSA) is 52.6 Å². The molecule has 0 amide bonds. The van der Waals surface area contributed by atoms with E-state index < -0.39 is 24.7 Å². The van der Waals surface area contributed by atoms with Gasteiger partial charge in [-0.1, -0.05) is 0 Å². The molecule has 13 heavy (non-hydrogen) atoms. The summed E-state index contributed by atoms with van der Waals surface area (Å²) in [6.45, 7) is 1.88. The molecule has 0 spiro atoms. The van der Waals surface area contributed by atoms with Crippen LogP contribution in [0, 0.1) is 0 Å². The third-order valence-corrected chi connectivity index (χ3v) is 1.16. The summed E-state index contributed by atoms with van der Waals surface area (Å²) >= 11 is 0. The fourth-order valence-electron chi connectivity index (χ4n) is 0.771. The van der Waals surface area contributed by atoms with Gasteiger partial charge < -0.3 is 9.47 Å². The van der Waals surface area contributed by atoms with E-state index in [1.165, 1.54) is 6.92 Å². The quantitative estimate of drug-likeness (QED) is 0.606. The van der Waals surface area contributed by atoms with E-state index in [1.54, 1.807) is 6.92 Å². The Morgan fingerprint density at radius 1 is 1.46 bits per heavy atom. The summed E-state index contributed by atoms with van der Waals surface area (Å²) in [7, 11) is 0. The van der Waals surface area contributed by atoms with E-state index in [2.05, 4.69) is 9.47 Å². The Hall–Kier alpha value is -1.13. The second kappa shape index (κ2) is 6.39. The van der Waals surface area contributed by atoms with Crippen LogP contribution in [-0.2, 0) is 19.1 Å². The van der Waals surface area contributed by atoms with E-state index in [-0.39, 0.29) is 13.0 Å². The van der Waals surface area contributed by atoms with Gasteiger partial charge in [0, 0.05) is 6.92 Å². The van der Waals surface area contributed by atoms with Crippen molar-refractivity contribution in [3.63, 3.8) is 0 Å². The minimum atomic E-state index is -0.701. The molecule has 0 aromatic heterocycles. The molecule has 0 aromatic carbocycles. The van der Waals surface area contributed by atoms with Gasteiger partial charge in [0.2, 0.25) is 0 Å². The second-order valence-electron chi connectivity index (χ2n) is 2.53. The predicted molar refractivity (Wildman–Crippen MR) is 42.8 cm³/mol. The SMILES string of the molecule is CC(=O)OC(C)CC(=O)OCCF. The van der Waals surface area contributed by atoms with Crippen molar-refractivity contribution in [2.45, 2.75) is 26.4 Å². The van der Waals surface area contributed by atoms with Gasteiger partial charge in [0.05, 0.1) is 6.42 Å². The third kappa shape index (κ3) is 7.24. The Balaban J connectivity index is 3.59. The average molecular weight is 192 g/mol. The largest absolute Gasteiger partial charge is 0.463 e. The molecule has 0 aliphatic rings. The molecule has 0 rings (SSSR count). The van der Waals surface area contributed by atoms with Crippen molar-refractivity contribution in [3.8, 4) is 0 Å². The summed E-state index contributed by atoms with van der Waals surface area (Å²) < 4.78 is 20.6. The lowest BCUT2D eigenvalue weighted by Crippen LogP contribution is -2.19. The van der Waals surface area contributed by atoms with Crippen molar-refractivity contribution in [3.05, 3.63) is 0 Å². The van der Waals surface area contributed by atoms with E-state index in [4.69, 9.17) is 0 Å². The number of carbonyl (C=O) groups is 2. The van der Waals surface area contributed by atoms with Gasteiger partial charge >= 0.3 is 11.9 Å². The molecule has 0 saturated carbocycles. The standard InChI is InChI=1S/C8H13FO4/c1-6(13-7(2)10)5-8(11)12-4-3-9/h6H,3-5H2,1-2H3. The minimum absolute atomic E-state index is 0.0421. The van der Waals surface area contributed by atoms with E-state index in [0.717, 1.165) is 0 Å². The van der Waals surface area contributed by atoms with Crippen molar-refractivity contribution >= 4 is 11.9 Å². The van der Waals surface area contributed by atoms with Gasteiger partial charge in [-0.3, -0.25) is 9.59 Å². The summed E-state index contributed by atoms with van der Waals surface area (Å²) in [6.07, 6.45) is -0.566. The number of alkyl halides is 1. The molecule has 0 saturated heterocycles. The molecule has 1 atom stereocenters. The molecule has 0 N–H and O–H groups in total. The maximum atomic E-state index is 11.5. The number of carbonyl (C=O) groups excluding carboxylic acids is 2. The first-order valence-electron chi connectivity index (χ1n) is 3.95. The molecule has 0 aliphatic carbocycles. The number of esters is 2. The molecule has 1 unspecified atom stereocenters. The zero-order valence-corrected chi connectivity index (χ0v) is 7.71. The van der Waals surface area contributed by atoms with Crippen LogP contribution in [0.25, 0.3) is 0 Å². The van der Waals surface area contributed by atoms with Crippen LogP contribution in [-0.4, -0.2) is 31.3 Å². The van der Waals surface area contributed by atoms with E-state index in [1.807, 2.05) is 0 Å². The summed E-state index contributed by atoms with van der Waals surface area (Å²) in [5, 5.41) is 0. The maximum absolute atomic E-state index is 11.5. The van der Waals surface area contributed by atoms with Crippen molar-refractivity contribution in [2.75, 3.05) is 13.3 Å². The first-order valence-corrected chi connectivity index (χ1v) is 3.95. The van der Waals surface area contributed by atoms with Gasteiger partial charge in [0.15, 0.2) is 0 Å². The van der Waals surface area contributed by atoms with Crippen molar-refractivity contribution in [2.24, 2.45) is 0 Å². The van der Waals surface area contributed by atoms with Gasteiger partial charge in [-0.2, -0.15) is 0 Å². The monoisotopic (exact) mass is 192 g/mol. The normalized spacial score (nSPS) is 11.9. The highest BCUT2D eigenvalue weighted by molar-refractivity contribution is 5.71. The molecular formula is C8H13FO4. The Morgan fingerprint density at radius 2 is 2.08 bits per heavy atom. The number of halogens is 1. The maximum Gasteiger partial charge on any atom is 0.309 e. The smallest absolute Gasteiger partial charge is 0.309 e. The van der Waals surface area contributed by atoms with Gasteiger partial charge in [-0.05, 0) is 6.92 Å². The zero-order chi connectivity index (χ0) is 10.3. The summed E-state index contributed by atoms with van der Waals surface area (Å²) in [4.78, 5) is 21.2. The molecule has 0 bridgehead atoms. The highest BCUT2D eigenvalue weighted by Crippen LogP contribution is 1.99. The van der Waals surface area contributed by atoms with Crippen LogP contribution in [0.1, 0.15) is 20.3 Å². The fourth-order valence-corrected chi connectivity index (χ4v) is 0.771. The first-order chi connectivity index (χ1) is 6.06. The van der Waals surface area contributed by atoms with Gasteiger partial charge in [-0.25, -0.2) is 4.39 Å². The highest BCUT2D eigenvalue weighted by atomic mass is 19.1. The molecule has 0 aromatic rings. The zero-order valence-electron chi connectivity index (χ0n) is 7.71. The van der Waals surface area contributed by atoms with Gasteiger partial charge in [0.25, 0.3) is 0 Å². The minimum Gasteiger partial charge on any atom is -0.463 e. The average Bonchev–Trinajstić information content (AvgIpc) is 1.98. The first kappa shape index (κ1) is 11.9. The Bertz CT molecular complexity index is 181. The fraction of sp³-hybridized carbons (Fsp3) is 0.750. The van der Waals surface area contributed by atoms with Crippen LogP contribution in [0.5, 0.6) is 0 Å². The van der Waals surface area contributed by atoms with Crippen molar-refractivity contribution in [1.29, 1.82) is 0 Å². The van der Waals surface area contributed by atoms with Crippen LogP contribution in [0.2, 0.25) is 0 Å². The van der Waals surface area contributed by atoms with Crippen LogP contribution in [0.3, 0.4) is 0 Å². The predicted octanol–water partition coefficient (Wildman–Crippen LogP) is 0.841. The van der Waals surface area contributed by atoms with Gasteiger partial charge in [0.1, 0.15) is 19.4 Å². The molecule has 5 heteroatoms. The van der Waals surface area contributed by atoms with Crippen molar-refractivity contribution in [1.82, 2.24) is 0 Å². The number of rotatable bonds is 5. The molecule has 4 nitrogen and oxygen atoms in total. The van der Waals surface area contributed by atoms with Crippen LogP contribution >= 0.6 is 0 Å². The lowest BCUT2D eigenvalue weighted by atomic mass is 10.3. The molecule has 0 radical (unpaired) electrons. The van der Waals surface area contributed by atoms with Crippen LogP contribution in [0.4, 0.5) is 4.39 Å².